The van der Waals surface area contributed by atoms with Gasteiger partial charge in [-0.05, 0) is 95.8 Å². The molecule has 38 heavy (non-hydrogen) atoms. The zero-order valence-corrected chi connectivity index (χ0v) is 24.1. The van der Waals surface area contributed by atoms with E-state index in [9.17, 15) is 9.59 Å². The predicted molar refractivity (Wildman–Crippen MR) is 160 cm³/mol. The van der Waals surface area contributed by atoms with Crippen LogP contribution in [0.25, 0.3) is 21.9 Å². The maximum Gasteiger partial charge on any atom is 0.339 e. The van der Waals surface area contributed by atoms with E-state index >= 15 is 0 Å². The van der Waals surface area contributed by atoms with Gasteiger partial charge in [0.15, 0.2) is 0 Å². The second-order valence-corrected chi connectivity index (χ2v) is 10.5. The average molecular weight is 519 g/mol. The van der Waals surface area contributed by atoms with Gasteiger partial charge in [0.25, 0.3) is 0 Å². The number of hydrogen-bond acceptors (Lipinski definition) is 6. The van der Waals surface area contributed by atoms with Crippen LogP contribution in [0, 0.1) is 13.8 Å². The van der Waals surface area contributed by atoms with Crippen molar-refractivity contribution in [3.8, 4) is 0 Å². The number of benzene rings is 2. The van der Waals surface area contributed by atoms with Gasteiger partial charge < -0.3 is 19.5 Å². The fourth-order valence-electron chi connectivity index (χ4n) is 4.71. The zero-order valence-electron chi connectivity index (χ0n) is 24.1. The molecular formula is C32H42N2O4. The highest BCUT2D eigenvalue weighted by molar-refractivity contribution is 5.85. The second kappa shape index (κ2) is 12.8. The Morgan fingerprint density at radius 2 is 1.13 bits per heavy atom. The molecule has 6 nitrogen and oxygen atoms in total. The van der Waals surface area contributed by atoms with Crippen LogP contribution in [0.1, 0.15) is 76.6 Å². The highest BCUT2D eigenvalue weighted by Crippen LogP contribution is 2.25. The van der Waals surface area contributed by atoms with Gasteiger partial charge in [-0.25, -0.2) is 9.59 Å². The first-order chi connectivity index (χ1) is 18.0. The van der Waals surface area contributed by atoms with Gasteiger partial charge >= 0.3 is 11.3 Å². The fourth-order valence-corrected chi connectivity index (χ4v) is 4.71. The Bertz CT molecular complexity index is 1510. The first-order valence-corrected chi connectivity index (χ1v) is 13.7. The summed E-state index contributed by atoms with van der Waals surface area (Å²) in [5.41, 5.74) is 6.66. The molecule has 4 aromatic rings. The first-order valence-electron chi connectivity index (χ1n) is 13.7. The fraction of sp³-hybridized carbons (Fsp3) is 0.438. The van der Waals surface area contributed by atoms with Crippen LogP contribution in [0.2, 0.25) is 0 Å². The first kappa shape index (κ1) is 29.0. The summed E-state index contributed by atoms with van der Waals surface area (Å²) in [5, 5.41) is 8.73. The molecule has 204 valence electrons. The van der Waals surface area contributed by atoms with Crippen molar-refractivity contribution in [1.29, 1.82) is 0 Å². The van der Waals surface area contributed by atoms with E-state index in [0.29, 0.717) is 23.2 Å². The van der Waals surface area contributed by atoms with Crippen LogP contribution in [0.5, 0.6) is 0 Å². The van der Waals surface area contributed by atoms with Crippen molar-refractivity contribution >= 4 is 33.3 Å². The van der Waals surface area contributed by atoms with Gasteiger partial charge in [0.1, 0.15) is 11.2 Å². The Morgan fingerprint density at radius 1 is 0.658 bits per heavy atom. The van der Waals surface area contributed by atoms with Gasteiger partial charge in [0, 0.05) is 51.4 Å². The van der Waals surface area contributed by atoms with Crippen LogP contribution >= 0.6 is 0 Å². The minimum absolute atomic E-state index is 0.198. The molecule has 0 amide bonds. The number of rotatable bonds is 8. The van der Waals surface area contributed by atoms with E-state index in [1.807, 2.05) is 44.2 Å². The van der Waals surface area contributed by atoms with Crippen molar-refractivity contribution in [2.24, 2.45) is 0 Å². The van der Waals surface area contributed by atoms with Crippen LogP contribution in [0.3, 0.4) is 0 Å². The molecule has 0 fully saturated rings. The SMILES string of the molecule is CCCc1c(C)c2cc(NC(C)C)ccc2oc1=O.CCCc1c(C)c2ccc(NC(C)C)cc2oc1=O. The molecule has 0 spiro atoms. The smallest absolute Gasteiger partial charge is 0.339 e. The molecular weight excluding hydrogens is 476 g/mol. The maximum absolute atomic E-state index is 12.0. The summed E-state index contributed by atoms with van der Waals surface area (Å²) in [7, 11) is 0. The second-order valence-electron chi connectivity index (χ2n) is 10.5. The summed E-state index contributed by atoms with van der Waals surface area (Å²) in [6.07, 6.45) is 3.44. The van der Waals surface area contributed by atoms with E-state index in [0.717, 1.165) is 70.1 Å². The van der Waals surface area contributed by atoms with E-state index in [-0.39, 0.29) is 11.3 Å². The predicted octanol–water partition coefficient (Wildman–Crippen LogP) is 7.75. The summed E-state index contributed by atoms with van der Waals surface area (Å²) in [6.45, 7) is 16.5. The van der Waals surface area contributed by atoms with E-state index in [2.05, 4.69) is 58.2 Å². The highest BCUT2D eigenvalue weighted by Gasteiger charge is 2.12. The standard InChI is InChI=1S/2C16H21NO2/c1-5-6-14-11(4)13-8-7-12(17-10(2)3)9-15(13)19-16(14)18;1-5-6-13-11(4)14-9-12(17-10(2)3)7-8-15(14)19-16(13)18/h2*7-10,17H,5-6H2,1-4H3. The van der Waals surface area contributed by atoms with E-state index in [4.69, 9.17) is 8.83 Å². The van der Waals surface area contributed by atoms with Crippen molar-refractivity contribution in [3.05, 3.63) is 79.5 Å². The Labute approximate surface area is 225 Å². The molecule has 0 saturated carbocycles. The number of nitrogens with one attached hydrogen (secondary N) is 2. The van der Waals surface area contributed by atoms with Gasteiger partial charge in [-0.1, -0.05) is 26.7 Å². The summed E-state index contributed by atoms with van der Waals surface area (Å²) >= 11 is 0. The maximum atomic E-state index is 12.0. The van der Waals surface area contributed by atoms with Crippen LogP contribution in [0.4, 0.5) is 11.4 Å². The lowest BCUT2D eigenvalue weighted by Gasteiger charge is -2.12. The quantitative estimate of drug-likeness (QED) is 0.232. The van der Waals surface area contributed by atoms with Crippen molar-refractivity contribution in [3.63, 3.8) is 0 Å². The average Bonchev–Trinajstić information content (AvgIpc) is 2.84. The van der Waals surface area contributed by atoms with Gasteiger partial charge in [0.2, 0.25) is 0 Å². The topological polar surface area (TPSA) is 84.5 Å². The third-order valence-electron chi connectivity index (χ3n) is 6.48. The lowest BCUT2D eigenvalue weighted by atomic mass is 10.0. The van der Waals surface area contributed by atoms with Gasteiger partial charge in [-0.2, -0.15) is 0 Å². The minimum Gasteiger partial charge on any atom is -0.423 e. The normalized spacial score (nSPS) is 11.2. The monoisotopic (exact) mass is 518 g/mol. The van der Waals surface area contributed by atoms with Crippen molar-refractivity contribution in [2.45, 2.75) is 93.2 Å². The van der Waals surface area contributed by atoms with E-state index < -0.39 is 0 Å². The largest absolute Gasteiger partial charge is 0.423 e. The third-order valence-corrected chi connectivity index (χ3v) is 6.48. The summed E-state index contributed by atoms with van der Waals surface area (Å²) < 4.78 is 10.9. The molecule has 0 bridgehead atoms. The Kier molecular flexibility index (Phi) is 9.78. The highest BCUT2D eigenvalue weighted by atomic mass is 16.4. The van der Waals surface area contributed by atoms with Crippen LogP contribution in [-0.4, -0.2) is 12.1 Å². The third kappa shape index (κ3) is 6.85. The molecule has 0 saturated heterocycles. The molecule has 4 rings (SSSR count). The lowest BCUT2D eigenvalue weighted by Crippen LogP contribution is -2.11. The molecule has 6 heteroatoms. The number of hydrogen-bond donors (Lipinski definition) is 2. The summed E-state index contributed by atoms with van der Waals surface area (Å²) in [4.78, 5) is 23.9. The van der Waals surface area contributed by atoms with Crippen molar-refractivity contribution in [1.82, 2.24) is 0 Å². The Morgan fingerprint density at radius 3 is 1.66 bits per heavy atom. The number of fused-ring (bicyclic) bond motifs is 2. The van der Waals surface area contributed by atoms with E-state index in [1.54, 1.807) is 0 Å². The zero-order chi connectivity index (χ0) is 28.0. The van der Waals surface area contributed by atoms with Crippen LogP contribution < -0.4 is 21.9 Å². The summed E-state index contributed by atoms with van der Waals surface area (Å²) in [5.74, 6) is 0. The molecule has 0 aliphatic rings. The lowest BCUT2D eigenvalue weighted by molar-refractivity contribution is 0.547. The number of anilines is 2. The molecule has 2 aromatic carbocycles. The van der Waals surface area contributed by atoms with Crippen LogP contribution in [0.15, 0.2) is 54.8 Å². The molecule has 2 heterocycles. The summed E-state index contributed by atoms with van der Waals surface area (Å²) in [6, 6.07) is 12.6. The Hall–Kier alpha value is -3.54. The molecule has 0 unspecified atom stereocenters. The van der Waals surface area contributed by atoms with Crippen molar-refractivity contribution in [2.75, 3.05) is 10.6 Å². The Balaban J connectivity index is 0.000000211. The van der Waals surface area contributed by atoms with Crippen molar-refractivity contribution < 1.29 is 8.83 Å². The molecule has 0 atom stereocenters. The molecule has 2 N–H and O–H groups in total. The molecule has 0 radical (unpaired) electrons. The minimum atomic E-state index is -0.200. The van der Waals surface area contributed by atoms with E-state index in [1.165, 1.54) is 0 Å². The van der Waals surface area contributed by atoms with Gasteiger partial charge in [-0.15, -0.1) is 0 Å². The van der Waals surface area contributed by atoms with Gasteiger partial charge in [0.05, 0.1) is 0 Å². The molecule has 0 aliphatic carbocycles. The number of aryl methyl sites for hydroxylation is 2. The van der Waals surface area contributed by atoms with Crippen LogP contribution in [-0.2, 0) is 12.8 Å². The molecule has 0 aliphatic heterocycles. The van der Waals surface area contributed by atoms with Gasteiger partial charge in [-0.3, -0.25) is 0 Å². The molecule has 2 aromatic heterocycles.